The van der Waals surface area contributed by atoms with E-state index < -0.39 is 17.1 Å². The summed E-state index contributed by atoms with van der Waals surface area (Å²) >= 11 is 0. The molecule has 0 aliphatic rings. The van der Waals surface area contributed by atoms with Gasteiger partial charge >= 0.3 is 0 Å². The Hall–Kier alpha value is -2.82. The molecule has 0 aliphatic heterocycles. The molecule has 0 aliphatic carbocycles. The van der Waals surface area contributed by atoms with Gasteiger partial charge in [-0.3, -0.25) is 19.2 Å². The number of pyridine rings is 1. The van der Waals surface area contributed by atoms with Crippen molar-refractivity contribution in [2.45, 2.75) is 27.2 Å². The highest BCUT2D eigenvalue weighted by Gasteiger charge is 2.23. The average Bonchev–Trinajstić information content (AvgIpc) is 2.46. The third-order valence-corrected chi connectivity index (χ3v) is 3.57. The number of hydrogen-bond donors (Lipinski definition) is 1. The van der Waals surface area contributed by atoms with Crippen LogP contribution < -0.4 is 5.56 Å². The molecule has 0 spiro atoms. The predicted molar refractivity (Wildman–Crippen MR) is 86.9 cm³/mol. The highest BCUT2D eigenvalue weighted by Crippen LogP contribution is 2.25. The fourth-order valence-corrected chi connectivity index (χ4v) is 2.63. The summed E-state index contributed by atoms with van der Waals surface area (Å²) in [6, 6.07) is 8.88. The summed E-state index contributed by atoms with van der Waals surface area (Å²) in [5.41, 5.74) is 0.936. The van der Waals surface area contributed by atoms with Gasteiger partial charge in [0, 0.05) is 5.56 Å². The zero-order valence-corrected chi connectivity index (χ0v) is 13.2. The van der Waals surface area contributed by atoms with Gasteiger partial charge in [-0.2, -0.15) is 0 Å². The molecule has 23 heavy (non-hydrogen) atoms. The summed E-state index contributed by atoms with van der Waals surface area (Å²) in [4.78, 5) is 50.4. The Labute approximate surface area is 133 Å². The molecule has 1 N–H and O–H groups in total. The standard InChI is InChI=1S/C18H17NO4/c1-10(20)9-14(22)16-11(2)15(12(3)21)18(23)19-17(16)13-7-5-4-6-8-13/h4-8H,9H2,1-3H3,(H,19,23). The van der Waals surface area contributed by atoms with Gasteiger partial charge in [0.15, 0.2) is 11.6 Å². The van der Waals surface area contributed by atoms with Crippen molar-refractivity contribution in [3.05, 3.63) is 57.4 Å². The van der Waals surface area contributed by atoms with Gasteiger partial charge in [-0.25, -0.2) is 0 Å². The van der Waals surface area contributed by atoms with Crippen LogP contribution >= 0.6 is 0 Å². The molecule has 0 radical (unpaired) electrons. The summed E-state index contributed by atoms with van der Waals surface area (Å²) in [6.45, 7) is 4.16. The van der Waals surface area contributed by atoms with Crippen LogP contribution in [0.15, 0.2) is 35.1 Å². The molecular formula is C18H17NO4. The molecule has 1 aromatic heterocycles. The summed E-state index contributed by atoms with van der Waals surface area (Å²) in [7, 11) is 0. The topological polar surface area (TPSA) is 84.1 Å². The number of ketones is 3. The van der Waals surface area contributed by atoms with E-state index in [1.54, 1.807) is 31.2 Å². The molecule has 0 unspecified atom stereocenters. The van der Waals surface area contributed by atoms with Gasteiger partial charge in [-0.05, 0) is 31.9 Å². The van der Waals surface area contributed by atoms with Gasteiger partial charge in [0.05, 0.1) is 17.7 Å². The number of benzene rings is 1. The number of rotatable bonds is 5. The molecular weight excluding hydrogens is 294 g/mol. The van der Waals surface area contributed by atoms with Crippen LogP contribution in [0.1, 0.15) is 46.5 Å². The van der Waals surface area contributed by atoms with Crippen LogP contribution in [0, 0.1) is 6.92 Å². The third-order valence-electron chi connectivity index (χ3n) is 3.57. The summed E-state index contributed by atoms with van der Waals surface area (Å²) in [5.74, 6) is -1.10. The summed E-state index contributed by atoms with van der Waals surface area (Å²) in [5, 5.41) is 0. The van der Waals surface area contributed by atoms with Gasteiger partial charge < -0.3 is 4.98 Å². The van der Waals surface area contributed by atoms with Crippen molar-refractivity contribution in [2.75, 3.05) is 0 Å². The molecule has 2 aromatic rings. The van der Waals surface area contributed by atoms with Gasteiger partial charge in [0.1, 0.15) is 5.78 Å². The minimum Gasteiger partial charge on any atom is -0.321 e. The van der Waals surface area contributed by atoms with Crippen molar-refractivity contribution in [3.8, 4) is 11.3 Å². The van der Waals surface area contributed by atoms with Crippen LogP contribution in [0.3, 0.4) is 0 Å². The number of carbonyl (C=O) groups is 3. The van der Waals surface area contributed by atoms with E-state index in [0.29, 0.717) is 16.8 Å². The van der Waals surface area contributed by atoms with Gasteiger partial charge in [0.2, 0.25) is 0 Å². The molecule has 0 saturated heterocycles. The Morgan fingerprint density at radius 1 is 1.00 bits per heavy atom. The molecule has 0 atom stereocenters. The monoisotopic (exact) mass is 311 g/mol. The first kappa shape index (κ1) is 16.5. The SMILES string of the molecule is CC(=O)CC(=O)c1c(-c2ccccc2)[nH]c(=O)c(C(C)=O)c1C. The van der Waals surface area contributed by atoms with E-state index in [1.165, 1.54) is 13.8 Å². The predicted octanol–water partition coefficient (Wildman–Crippen LogP) is 2.71. The number of carbonyl (C=O) groups excluding carboxylic acids is 3. The van der Waals surface area contributed by atoms with Crippen LogP contribution in [-0.4, -0.2) is 22.3 Å². The molecule has 118 valence electrons. The lowest BCUT2D eigenvalue weighted by Crippen LogP contribution is -2.23. The molecule has 2 rings (SSSR count). The Morgan fingerprint density at radius 3 is 2.13 bits per heavy atom. The fraction of sp³-hybridized carbons (Fsp3) is 0.222. The van der Waals surface area contributed by atoms with Gasteiger partial charge in [-0.1, -0.05) is 30.3 Å². The van der Waals surface area contributed by atoms with Crippen molar-refractivity contribution in [1.82, 2.24) is 4.98 Å². The maximum atomic E-state index is 12.5. The fourth-order valence-electron chi connectivity index (χ4n) is 2.63. The molecule has 0 fully saturated rings. The summed E-state index contributed by atoms with van der Waals surface area (Å²) < 4.78 is 0. The number of Topliss-reactive ketones (excluding diaryl/α,β-unsaturated/α-hetero) is 3. The first-order valence-corrected chi connectivity index (χ1v) is 7.18. The van der Waals surface area contributed by atoms with Gasteiger partial charge in [0.25, 0.3) is 5.56 Å². The van der Waals surface area contributed by atoms with E-state index in [4.69, 9.17) is 0 Å². The van der Waals surface area contributed by atoms with E-state index in [9.17, 15) is 19.2 Å². The van der Waals surface area contributed by atoms with Crippen LogP contribution in [0.4, 0.5) is 0 Å². The number of H-pyrrole nitrogens is 1. The van der Waals surface area contributed by atoms with Gasteiger partial charge in [-0.15, -0.1) is 0 Å². The van der Waals surface area contributed by atoms with E-state index in [2.05, 4.69) is 4.98 Å². The number of hydrogen-bond acceptors (Lipinski definition) is 4. The normalized spacial score (nSPS) is 10.4. The Bertz CT molecular complexity index is 847. The quantitative estimate of drug-likeness (QED) is 0.679. The Morgan fingerprint density at radius 2 is 1.61 bits per heavy atom. The molecule has 1 heterocycles. The van der Waals surface area contributed by atoms with E-state index >= 15 is 0 Å². The largest absolute Gasteiger partial charge is 0.321 e. The first-order chi connectivity index (χ1) is 10.8. The van der Waals surface area contributed by atoms with Crippen molar-refractivity contribution in [3.63, 3.8) is 0 Å². The highest BCUT2D eigenvalue weighted by molar-refractivity contribution is 6.12. The van der Waals surface area contributed by atoms with Crippen molar-refractivity contribution >= 4 is 17.3 Å². The van der Waals surface area contributed by atoms with Crippen molar-refractivity contribution < 1.29 is 14.4 Å². The Kier molecular flexibility index (Phi) is 4.69. The number of nitrogens with one attached hydrogen (secondary N) is 1. The van der Waals surface area contributed by atoms with Crippen LogP contribution in [-0.2, 0) is 4.79 Å². The van der Waals surface area contributed by atoms with Crippen LogP contribution in [0.25, 0.3) is 11.3 Å². The average molecular weight is 311 g/mol. The second kappa shape index (κ2) is 6.52. The minimum atomic E-state index is -0.534. The first-order valence-electron chi connectivity index (χ1n) is 7.18. The minimum absolute atomic E-state index is 0.0448. The summed E-state index contributed by atoms with van der Waals surface area (Å²) in [6.07, 6.45) is -0.274. The zero-order valence-electron chi connectivity index (χ0n) is 13.2. The molecule has 0 saturated carbocycles. The number of aromatic amines is 1. The lowest BCUT2D eigenvalue weighted by atomic mass is 9.92. The van der Waals surface area contributed by atoms with Crippen molar-refractivity contribution in [1.29, 1.82) is 0 Å². The second-order valence-electron chi connectivity index (χ2n) is 5.43. The number of aromatic nitrogens is 1. The third kappa shape index (κ3) is 3.34. The lowest BCUT2D eigenvalue weighted by Gasteiger charge is -2.14. The molecule has 0 amide bonds. The van der Waals surface area contributed by atoms with E-state index in [1.807, 2.05) is 6.07 Å². The lowest BCUT2D eigenvalue weighted by molar-refractivity contribution is -0.116. The molecule has 5 heteroatoms. The molecule has 0 bridgehead atoms. The van der Waals surface area contributed by atoms with E-state index in [-0.39, 0.29) is 23.3 Å². The van der Waals surface area contributed by atoms with E-state index in [0.717, 1.165) is 0 Å². The second-order valence-corrected chi connectivity index (χ2v) is 5.43. The maximum absolute atomic E-state index is 12.5. The maximum Gasteiger partial charge on any atom is 0.259 e. The van der Waals surface area contributed by atoms with Crippen LogP contribution in [0.5, 0.6) is 0 Å². The Balaban J connectivity index is 2.81. The highest BCUT2D eigenvalue weighted by atomic mass is 16.2. The van der Waals surface area contributed by atoms with Crippen LogP contribution in [0.2, 0.25) is 0 Å². The van der Waals surface area contributed by atoms with Crippen molar-refractivity contribution in [2.24, 2.45) is 0 Å². The molecule has 1 aromatic carbocycles. The zero-order chi connectivity index (χ0) is 17.1. The molecule has 5 nitrogen and oxygen atoms in total. The smallest absolute Gasteiger partial charge is 0.259 e.